The zero-order chi connectivity index (χ0) is 9.97. The van der Waals surface area contributed by atoms with Crippen molar-refractivity contribution in [3.05, 3.63) is 29.8 Å². The zero-order valence-electron chi connectivity index (χ0n) is 7.88. The maximum Gasteiger partial charge on any atom is 0.204 e. The van der Waals surface area contributed by atoms with E-state index in [9.17, 15) is 0 Å². The first-order chi connectivity index (χ1) is 6.79. The maximum atomic E-state index is 5.49. The third kappa shape index (κ3) is 1.62. The minimum Gasteiger partial charge on any atom is -0.326 e. The van der Waals surface area contributed by atoms with Crippen LogP contribution in [0.5, 0.6) is 0 Å². The van der Waals surface area contributed by atoms with Crippen LogP contribution < -0.4 is 5.73 Å². The number of benzene rings is 1. The lowest BCUT2D eigenvalue weighted by Crippen LogP contribution is -1.95. The van der Waals surface area contributed by atoms with Gasteiger partial charge in [-0.3, -0.25) is 0 Å². The predicted molar refractivity (Wildman–Crippen MR) is 52.1 cm³/mol. The number of nitrogens with zero attached hydrogens (tertiary/aromatic N) is 4. The van der Waals surface area contributed by atoms with Crippen molar-refractivity contribution in [3.63, 3.8) is 0 Å². The van der Waals surface area contributed by atoms with Crippen LogP contribution in [0.1, 0.15) is 5.56 Å². The molecule has 0 aliphatic carbocycles. The standard InChI is InChI=1S/C9H11N5/c1-14-12-9(11-13-14)8-4-2-7(6-10)3-5-8/h2-5H,6,10H2,1H3. The van der Waals surface area contributed by atoms with Crippen molar-refractivity contribution in [3.8, 4) is 11.4 Å². The van der Waals surface area contributed by atoms with Gasteiger partial charge in [-0.15, -0.1) is 10.2 Å². The summed E-state index contributed by atoms with van der Waals surface area (Å²) in [6.07, 6.45) is 0. The van der Waals surface area contributed by atoms with Gasteiger partial charge in [-0.2, -0.15) is 4.80 Å². The first-order valence-electron chi connectivity index (χ1n) is 4.33. The van der Waals surface area contributed by atoms with Gasteiger partial charge in [-0.1, -0.05) is 24.3 Å². The Labute approximate surface area is 81.5 Å². The van der Waals surface area contributed by atoms with Crippen molar-refractivity contribution < 1.29 is 0 Å². The van der Waals surface area contributed by atoms with Crippen LogP contribution in [0.25, 0.3) is 11.4 Å². The summed E-state index contributed by atoms with van der Waals surface area (Å²) in [5.41, 5.74) is 7.54. The van der Waals surface area contributed by atoms with E-state index >= 15 is 0 Å². The smallest absolute Gasteiger partial charge is 0.204 e. The molecule has 0 fully saturated rings. The van der Waals surface area contributed by atoms with Crippen LogP contribution in [0.3, 0.4) is 0 Å². The molecule has 0 saturated carbocycles. The normalized spacial score (nSPS) is 10.4. The Hall–Kier alpha value is -1.75. The monoisotopic (exact) mass is 189 g/mol. The molecule has 2 rings (SSSR count). The number of rotatable bonds is 2. The minimum absolute atomic E-state index is 0.550. The molecule has 72 valence electrons. The van der Waals surface area contributed by atoms with Crippen LogP contribution in [-0.2, 0) is 13.6 Å². The molecule has 14 heavy (non-hydrogen) atoms. The topological polar surface area (TPSA) is 69.6 Å². The average Bonchev–Trinajstić information content (AvgIpc) is 2.65. The van der Waals surface area contributed by atoms with E-state index < -0.39 is 0 Å². The third-order valence-electron chi connectivity index (χ3n) is 1.96. The summed E-state index contributed by atoms with van der Waals surface area (Å²) in [5.74, 6) is 0.635. The molecule has 0 amide bonds. The van der Waals surface area contributed by atoms with Gasteiger partial charge in [0.1, 0.15) is 0 Å². The first kappa shape index (κ1) is 8.83. The van der Waals surface area contributed by atoms with Crippen molar-refractivity contribution >= 4 is 0 Å². The fraction of sp³-hybridized carbons (Fsp3) is 0.222. The van der Waals surface area contributed by atoms with E-state index in [2.05, 4.69) is 15.4 Å². The fourth-order valence-corrected chi connectivity index (χ4v) is 1.19. The highest BCUT2D eigenvalue weighted by molar-refractivity contribution is 5.54. The highest BCUT2D eigenvalue weighted by Gasteiger charge is 2.02. The van der Waals surface area contributed by atoms with Gasteiger partial charge in [0.15, 0.2) is 0 Å². The number of tetrazole rings is 1. The lowest BCUT2D eigenvalue weighted by Gasteiger charge is -1.97. The quantitative estimate of drug-likeness (QED) is 0.739. The van der Waals surface area contributed by atoms with Gasteiger partial charge in [0, 0.05) is 12.1 Å². The Kier molecular flexibility index (Phi) is 2.24. The second-order valence-electron chi connectivity index (χ2n) is 3.00. The van der Waals surface area contributed by atoms with Crippen LogP contribution in [0.4, 0.5) is 0 Å². The van der Waals surface area contributed by atoms with E-state index in [0.29, 0.717) is 12.4 Å². The van der Waals surface area contributed by atoms with Gasteiger partial charge < -0.3 is 5.73 Å². The number of aromatic nitrogens is 4. The Morgan fingerprint density at radius 1 is 1.29 bits per heavy atom. The highest BCUT2D eigenvalue weighted by atomic mass is 15.6. The molecule has 0 radical (unpaired) electrons. The molecule has 0 unspecified atom stereocenters. The molecule has 5 heteroatoms. The van der Waals surface area contributed by atoms with Crippen LogP contribution in [0, 0.1) is 0 Å². The van der Waals surface area contributed by atoms with Gasteiger partial charge in [-0.05, 0) is 10.8 Å². The Morgan fingerprint density at radius 2 is 2.00 bits per heavy atom. The SMILES string of the molecule is Cn1nnc(-c2ccc(CN)cc2)n1. The second-order valence-corrected chi connectivity index (χ2v) is 3.00. The molecular formula is C9H11N5. The van der Waals surface area contributed by atoms with Crippen LogP contribution in [0.15, 0.2) is 24.3 Å². The van der Waals surface area contributed by atoms with Crippen molar-refractivity contribution in [2.24, 2.45) is 12.8 Å². The maximum absolute atomic E-state index is 5.49. The van der Waals surface area contributed by atoms with Crippen LogP contribution in [-0.4, -0.2) is 20.2 Å². The first-order valence-corrected chi connectivity index (χ1v) is 4.33. The van der Waals surface area contributed by atoms with Gasteiger partial charge in [0.25, 0.3) is 0 Å². The van der Waals surface area contributed by atoms with Crippen molar-refractivity contribution in [2.45, 2.75) is 6.54 Å². The molecule has 0 aliphatic rings. The summed E-state index contributed by atoms with van der Waals surface area (Å²) < 4.78 is 0. The van der Waals surface area contributed by atoms with Crippen molar-refractivity contribution in [1.82, 2.24) is 20.2 Å². The van der Waals surface area contributed by atoms with Gasteiger partial charge in [-0.25, -0.2) is 0 Å². The Morgan fingerprint density at radius 3 is 2.50 bits per heavy atom. The van der Waals surface area contributed by atoms with E-state index in [1.165, 1.54) is 4.80 Å². The fourth-order valence-electron chi connectivity index (χ4n) is 1.19. The van der Waals surface area contributed by atoms with E-state index in [-0.39, 0.29) is 0 Å². The van der Waals surface area contributed by atoms with Gasteiger partial charge in [0.05, 0.1) is 7.05 Å². The van der Waals surface area contributed by atoms with E-state index in [0.717, 1.165) is 11.1 Å². The third-order valence-corrected chi connectivity index (χ3v) is 1.96. The highest BCUT2D eigenvalue weighted by Crippen LogP contribution is 2.13. The summed E-state index contributed by atoms with van der Waals surface area (Å²) in [5, 5.41) is 11.8. The summed E-state index contributed by atoms with van der Waals surface area (Å²) in [6, 6.07) is 7.82. The number of hydrogen-bond acceptors (Lipinski definition) is 4. The molecule has 1 aromatic heterocycles. The molecule has 2 aromatic rings. The number of nitrogens with two attached hydrogens (primary N) is 1. The van der Waals surface area contributed by atoms with E-state index in [1.54, 1.807) is 7.05 Å². The molecule has 0 atom stereocenters. The molecule has 1 aromatic carbocycles. The molecule has 5 nitrogen and oxygen atoms in total. The van der Waals surface area contributed by atoms with E-state index in [4.69, 9.17) is 5.73 Å². The predicted octanol–water partition coefficient (Wildman–Crippen LogP) is 0.336. The molecule has 0 spiro atoms. The minimum atomic E-state index is 0.550. The lowest BCUT2D eigenvalue weighted by atomic mass is 10.1. The van der Waals surface area contributed by atoms with E-state index in [1.807, 2.05) is 24.3 Å². The summed E-state index contributed by atoms with van der Waals surface area (Å²) in [7, 11) is 1.74. The number of aryl methyl sites for hydroxylation is 1. The molecular weight excluding hydrogens is 178 g/mol. The summed E-state index contributed by atoms with van der Waals surface area (Å²) >= 11 is 0. The summed E-state index contributed by atoms with van der Waals surface area (Å²) in [4.78, 5) is 1.44. The molecule has 2 N–H and O–H groups in total. The average molecular weight is 189 g/mol. The molecule has 0 aliphatic heterocycles. The van der Waals surface area contributed by atoms with Gasteiger partial charge in [0.2, 0.25) is 5.82 Å². The van der Waals surface area contributed by atoms with Gasteiger partial charge >= 0.3 is 0 Å². The molecule has 1 heterocycles. The van der Waals surface area contributed by atoms with Crippen molar-refractivity contribution in [2.75, 3.05) is 0 Å². The van der Waals surface area contributed by atoms with Crippen LogP contribution >= 0.6 is 0 Å². The van der Waals surface area contributed by atoms with Crippen molar-refractivity contribution in [1.29, 1.82) is 0 Å². The summed E-state index contributed by atoms with van der Waals surface area (Å²) in [6.45, 7) is 0.550. The second kappa shape index (κ2) is 3.55. The Balaban J connectivity index is 2.33. The largest absolute Gasteiger partial charge is 0.326 e. The molecule has 0 bridgehead atoms. The molecule has 0 saturated heterocycles. The lowest BCUT2D eigenvalue weighted by molar-refractivity contribution is 0.630. The zero-order valence-corrected chi connectivity index (χ0v) is 7.88. The number of hydrogen-bond donors (Lipinski definition) is 1. The van der Waals surface area contributed by atoms with Crippen LogP contribution in [0.2, 0.25) is 0 Å². The Bertz CT molecular complexity index is 417.